The highest BCUT2D eigenvalue weighted by atomic mass is 19.4. The molecule has 1 aromatic carbocycles. The molecule has 170 valence electrons. The second kappa shape index (κ2) is 8.01. The van der Waals surface area contributed by atoms with Gasteiger partial charge in [-0.2, -0.15) is 13.2 Å². The van der Waals surface area contributed by atoms with Gasteiger partial charge in [0.2, 0.25) is 0 Å². The van der Waals surface area contributed by atoms with E-state index in [9.17, 15) is 31.9 Å². The standard InChI is InChI=1S/C20H17F5N4O3/c1-8-13-4-10(21)5-14(22)16(13)32-15(8)17(20(23,24)25)29-19(31)28-11-6-26-18(27-7-11)9-2-12(30)3-9/h4-7,9,12,17,30H,2-3H2,1H3,(H2,28,29,31)/t9-,12+,17-/m1/s1. The number of aliphatic hydroxyl groups is 1. The molecule has 1 saturated carbocycles. The molecular weight excluding hydrogens is 439 g/mol. The van der Waals surface area contributed by atoms with Gasteiger partial charge in [0.25, 0.3) is 0 Å². The molecule has 1 aliphatic carbocycles. The highest BCUT2D eigenvalue weighted by molar-refractivity contribution is 5.89. The molecule has 2 heterocycles. The van der Waals surface area contributed by atoms with Crippen molar-refractivity contribution in [1.82, 2.24) is 15.3 Å². The second-order valence-corrected chi connectivity index (χ2v) is 7.58. The fourth-order valence-electron chi connectivity index (χ4n) is 3.54. The minimum atomic E-state index is -4.99. The number of urea groups is 1. The van der Waals surface area contributed by atoms with Crippen molar-refractivity contribution in [3.05, 3.63) is 53.3 Å². The highest BCUT2D eigenvalue weighted by Gasteiger charge is 2.45. The SMILES string of the molecule is Cc1c([C@@H](NC(=O)Nc2cnc([C@H]3C[C@@H](O)C3)nc2)C(F)(F)F)oc2c(F)cc(F)cc12. The number of rotatable bonds is 4. The number of benzene rings is 1. The molecule has 3 N–H and O–H groups in total. The van der Waals surface area contributed by atoms with Gasteiger partial charge < -0.3 is 20.2 Å². The van der Waals surface area contributed by atoms with E-state index < -0.39 is 47.3 Å². The fraction of sp³-hybridized carbons (Fsp3) is 0.350. The van der Waals surface area contributed by atoms with Crippen LogP contribution in [0, 0.1) is 18.6 Å². The molecule has 0 bridgehead atoms. The van der Waals surface area contributed by atoms with Crippen LogP contribution in [0.25, 0.3) is 11.0 Å². The minimum absolute atomic E-state index is 0.0104. The topological polar surface area (TPSA) is 100 Å². The van der Waals surface area contributed by atoms with Crippen LogP contribution in [0.4, 0.5) is 32.4 Å². The molecule has 2 aromatic heterocycles. The average Bonchev–Trinajstić information content (AvgIpc) is 3.00. The zero-order valence-corrected chi connectivity index (χ0v) is 16.5. The van der Waals surface area contributed by atoms with Crippen LogP contribution in [0.3, 0.4) is 0 Å². The van der Waals surface area contributed by atoms with Gasteiger partial charge >= 0.3 is 12.2 Å². The lowest BCUT2D eigenvalue weighted by Gasteiger charge is -2.29. The molecule has 0 radical (unpaired) electrons. The maximum absolute atomic E-state index is 13.9. The molecule has 1 atom stereocenters. The van der Waals surface area contributed by atoms with Crippen molar-refractivity contribution in [2.45, 2.75) is 44.0 Å². The van der Waals surface area contributed by atoms with Crippen LogP contribution in [-0.4, -0.2) is 33.4 Å². The number of aryl methyl sites for hydroxylation is 1. The van der Waals surface area contributed by atoms with Gasteiger partial charge in [0, 0.05) is 22.9 Å². The van der Waals surface area contributed by atoms with Crippen LogP contribution in [0.1, 0.15) is 41.9 Å². The molecular formula is C20H17F5N4O3. The van der Waals surface area contributed by atoms with E-state index in [1.165, 1.54) is 19.3 Å². The number of amides is 2. The zero-order valence-electron chi connectivity index (χ0n) is 16.5. The summed E-state index contributed by atoms with van der Waals surface area (Å²) in [5.74, 6) is -2.44. The number of anilines is 1. The Kier molecular flexibility index (Phi) is 5.49. The largest absolute Gasteiger partial charge is 0.455 e. The molecule has 2 amide bonds. The van der Waals surface area contributed by atoms with Gasteiger partial charge in [0.1, 0.15) is 17.4 Å². The Hall–Kier alpha value is -3.28. The zero-order chi connectivity index (χ0) is 23.2. The van der Waals surface area contributed by atoms with E-state index in [1.807, 2.05) is 0 Å². The number of aromatic nitrogens is 2. The Morgan fingerprint density at radius 3 is 2.47 bits per heavy atom. The van der Waals surface area contributed by atoms with Crippen LogP contribution in [0.2, 0.25) is 0 Å². The summed E-state index contributed by atoms with van der Waals surface area (Å²) in [5.41, 5.74) is -0.654. The van der Waals surface area contributed by atoms with Crippen molar-refractivity contribution in [3.8, 4) is 0 Å². The molecule has 1 aliphatic rings. The summed E-state index contributed by atoms with van der Waals surface area (Å²) < 4.78 is 73.6. The molecule has 7 nitrogen and oxygen atoms in total. The molecule has 0 spiro atoms. The molecule has 0 aliphatic heterocycles. The molecule has 4 rings (SSSR count). The van der Waals surface area contributed by atoms with Crippen LogP contribution in [-0.2, 0) is 0 Å². The van der Waals surface area contributed by atoms with Crippen molar-refractivity contribution in [2.75, 3.05) is 5.32 Å². The van der Waals surface area contributed by atoms with Crippen LogP contribution in [0.5, 0.6) is 0 Å². The summed E-state index contributed by atoms with van der Waals surface area (Å²) in [6, 6.07) is -2.50. The number of nitrogens with zero attached hydrogens (tertiary/aromatic N) is 2. The first-order valence-electron chi connectivity index (χ1n) is 9.55. The van der Waals surface area contributed by atoms with Gasteiger partial charge in [-0.3, -0.25) is 0 Å². The normalized spacial score (nSPS) is 19.5. The molecule has 3 aromatic rings. The lowest BCUT2D eigenvalue weighted by Crippen LogP contribution is -2.40. The summed E-state index contributed by atoms with van der Waals surface area (Å²) in [4.78, 5) is 20.3. The number of halogens is 5. The number of hydrogen-bond acceptors (Lipinski definition) is 5. The van der Waals surface area contributed by atoms with Gasteiger partial charge in [0.05, 0.1) is 24.2 Å². The first-order chi connectivity index (χ1) is 15.0. The summed E-state index contributed by atoms with van der Waals surface area (Å²) in [6.07, 6.45) is -1.89. The summed E-state index contributed by atoms with van der Waals surface area (Å²) >= 11 is 0. The predicted octanol–water partition coefficient (Wildman–Crippen LogP) is 4.47. The van der Waals surface area contributed by atoms with Gasteiger partial charge in [-0.15, -0.1) is 0 Å². The number of aliphatic hydroxyl groups excluding tert-OH is 1. The van der Waals surface area contributed by atoms with E-state index in [0.717, 1.165) is 6.07 Å². The minimum Gasteiger partial charge on any atom is -0.455 e. The number of hydrogen-bond donors (Lipinski definition) is 3. The Bertz CT molecular complexity index is 1160. The number of carbonyl (C=O) groups excluding carboxylic acids is 1. The van der Waals surface area contributed by atoms with Crippen molar-refractivity contribution in [3.63, 3.8) is 0 Å². The van der Waals surface area contributed by atoms with Crippen molar-refractivity contribution in [1.29, 1.82) is 0 Å². The van der Waals surface area contributed by atoms with E-state index in [1.54, 1.807) is 5.32 Å². The van der Waals surface area contributed by atoms with E-state index in [4.69, 9.17) is 4.42 Å². The second-order valence-electron chi connectivity index (χ2n) is 7.58. The summed E-state index contributed by atoms with van der Waals surface area (Å²) in [7, 11) is 0. The van der Waals surface area contributed by atoms with E-state index in [0.29, 0.717) is 24.7 Å². The quantitative estimate of drug-likeness (QED) is 0.503. The van der Waals surface area contributed by atoms with Crippen molar-refractivity contribution in [2.24, 2.45) is 0 Å². The Balaban J connectivity index is 1.53. The summed E-state index contributed by atoms with van der Waals surface area (Å²) in [6.45, 7) is 1.21. The molecule has 0 unspecified atom stereocenters. The van der Waals surface area contributed by atoms with E-state index in [-0.39, 0.29) is 22.6 Å². The Morgan fingerprint density at radius 1 is 1.22 bits per heavy atom. The van der Waals surface area contributed by atoms with Gasteiger partial charge in [-0.05, 0) is 25.8 Å². The number of carbonyl (C=O) groups is 1. The van der Waals surface area contributed by atoms with Crippen molar-refractivity contribution < 1.29 is 36.3 Å². The predicted molar refractivity (Wildman–Crippen MR) is 102 cm³/mol. The van der Waals surface area contributed by atoms with E-state index in [2.05, 4.69) is 15.3 Å². The van der Waals surface area contributed by atoms with Crippen LogP contribution < -0.4 is 10.6 Å². The first kappa shape index (κ1) is 21.9. The first-order valence-corrected chi connectivity index (χ1v) is 9.55. The third kappa shape index (κ3) is 4.22. The molecule has 1 fully saturated rings. The Labute approximate surface area is 177 Å². The molecule has 0 saturated heterocycles. The molecule has 12 heteroatoms. The maximum Gasteiger partial charge on any atom is 0.416 e. The van der Waals surface area contributed by atoms with Crippen molar-refractivity contribution >= 4 is 22.7 Å². The smallest absolute Gasteiger partial charge is 0.416 e. The maximum atomic E-state index is 13.9. The third-order valence-corrected chi connectivity index (χ3v) is 5.27. The van der Waals surface area contributed by atoms with Gasteiger partial charge in [-0.1, -0.05) is 0 Å². The lowest BCUT2D eigenvalue weighted by molar-refractivity contribution is -0.158. The monoisotopic (exact) mass is 456 g/mol. The Morgan fingerprint density at radius 2 is 1.88 bits per heavy atom. The third-order valence-electron chi connectivity index (χ3n) is 5.27. The summed E-state index contributed by atoms with van der Waals surface area (Å²) in [5, 5.41) is 13.1. The van der Waals surface area contributed by atoms with E-state index >= 15 is 0 Å². The highest BCUT2D eigenvalue weighted by Crippen LogP contribution is 2.39. The lowest BCUT2D eigenvalue weighted by atomic mass is 9.82. The van der Waals surface area contributed by atoms with Gasteiger partial charge in [-0.25, -0.2) is 23.5 Å². The van der Waals surface area contributed by atoms with Crippen LogP contribution in [0.15, 0.2) is 28.9 Å². The number of fused-ring (bicyclic) bond motifs is 1. The van der Waals surface area contributed by atoms with Crippen LogP contribution >= 0.6 is 0 Å². The van der Waals surface area contributed by atoms with Gasteiger partial charge in [0.15, 0.2) is 17.4 Å². The average molecular weight is 456 g/mol. The number of nitrogens with one attached hydrogen (secondary N) is 2. The molecule has 32 heavy (non-hydrogen) atoms. The fourth-order valence-corrected chi connectivity index (χ4v) is 3.54. The number of furan rings is 1. The number of alkyl halides is 3.